The van der Waals surface area contributed by atoms with Gasteiger partial charge in [0.15, 0.2) is 0 Å². The first-order valence-corrected chi connectivity index (χ1v) is 15.2. The van der Waals surface area contributed by atoms with Crippen molar-refractivity contribution in [1.82, 2.24) is 16.0 Å². The van der Waals surface area contributed by atoms with Crippen LogP contribution in [0.1, 0.15) is 23.1 Å². The number of nitrogens with two attached hydrogens (primary N) is 1. The van der Waals surface area contributed by atoms with Gasteiger partial charge in [-0.1, -0.05) is 91.0 Å². The Morgan fingerprint density at radius 1 is 0.643 bits per heavy atom. The molecule has 3 amide bonds. The van der Waals surface area contributed by atoms with Crippen molar-refractivity contribution in [2.45, 2.75) is 49.9 Å². The van der Waals surface area contributed by atoms with Crippen molar-refractivity contribution in [2.75, 3.05) is 12.0 Å². The predicted molar refractivity (Wildman–Crippen MR) is 165 cm³/mol. The Hall–Kier alpha value is -4.15. The molecule has 0 aliphatic heterocycles. The number of hydrogen-bond donors (Lipinski definition) is 5. The van der Waals surface area contributed by atoms with E-state index in [4.69, 9.17) is 5.73 Å². The van der Waals surface area contributed by atoms with Crippen LogP contribution < -0.4 is 21.7 Å². The third kappa shape index (κ3) is 10.7. The summed E-state index contributed by atoms with van der Waals surface area (Å²) in [6.07, 6.45) is 2.75. The summed E-state index contributed by atoms with van der Waals surface area (Å²) >= 11 is 1.57. The minimum Gasteiger partial charge on any atom is -0.480 e. The molecule has 4 atom stereocenters. The van der Waals surface area contributed by atoms with Gasteiger partial charge in [0.25, 0.3) is 0 Å². The van der Waals surface area contributed by atoms with E-state index in [1.54, 1.807) is 36.0 Å². The standard InChI is InChI=1S/C32H38N4O5S/c1-42-18-17-25(33)29(37)34-26(19-22-11-5-2-6-12-22)30(38)35-27(20-23-13-7-3-8-14-23)31(39)36-28(32(40)41)21-24-15-9-4-10-16-24/h2-16,25-28H,17-21,33H2,1H3,(H,34,37)(H,35,38)(H,36,39)(H,40,41). The number of carboxylic acid groups (broad SMARTS) is 1. The fourth-order valence-electron chi connectivity index (χ4n) is 4.37. The maximum Gasteiger partial charge on any atom is 0.326 e. The van der Waals surface area contributed by atoms with E-state index in [-0.39, 0.29) is 19.3 Å². The molecule has 0 radical (unpaired) electrons. The lowest BCUT2D eigenvalue weighted by atomic mass is 10.0. The monoisotopic (exact) mass is 590 g/mol. The van der Waals surface area contributed by atoms with E-state index in [0.717, 1.165) is 16.7 Å². The van der Waals surface area contributed by atoms with Crippen molar-refractivity contribution in [3.63, 3.8) is 0 Å². The van der Waals surface area contributed by atoms with Gasteiger partial charge in [0.05, 0.1) is 6.04 Å². The van der Waals surface area contributed by atoms with Crippen LogP contribution in [-0.4, -0.2) is 65.0 Å². The summed E-state index contributed by atoms with van der Waals surface area (Å²) in [5.74, 6) is -2.17. The van der Waals surface area contributed by atoms with Gasteiger partial charge >= 0.3 is 5.97 Å². The summed E-state index contributed by atoms with van der Waals surface area (Å²) < 4.78 is 0. The third-order valence-electron chi connectivity index (χ3n) is 6.70. The van der Waals surface area contributed by atoms with E-state index in [1.165, 1.54) is 0 Å². The van der Waals surface area contributed by atoms with Crippen molar-refractivity contribution < 1.29 is 24.3 Å². The van der Waals surface area contributed by atoms with Gasteiger partial charge in [-0.2, -0.15) is 11.8 Å². The van der Waals surface area contributed by atoms with Crippen LogP contribution in [0.2, 0.25) is 0 Å². The Morgan fingerprint density at radius 2 is 1.00 bits per heavy atom. The number of thioether (sulfide) groups is 1. The molecule has 0 saturated heterocycles. The first kappa shape index (κ1) is 32.4. The number of carbonyl (C=O) groups excluding carboxylic acids is 3. The van der Waals surface area contributed by atoms with Gasteiger partial charge < -0.3 is 26.8 Å². The van der Waals surface area contributed by atoms with E-state index in [9.17, 15) is 24.3 Å². The van der Waals surface area contributed by atoms with Crippen molar-refractivity contribution >= 4 is 35.5 Å². The maximum absolute atomic E-state index is 13.7. The molecule has 3 aromatic rings. The molecule has 9 nitrogen and oxygen atoms in total. The lowest BCUT2D eigenvalue weighted by Gasteiger charge is -2.25. The molecule has 0 bridgehead atoms. The molecule has 4 unspecified atom stereocenters. The number of carbonyl (C=O) groups is 4. The number of nitrogens with one attached hydrogen (secondary N) is 3. The Morgan fingerprint density at radius 3 is 1.38 bits per heavy atom. The number of carboxylic acids is 1. The van der Waals surface area contributed by atoms with Crippen LogP contribution in [0.5, 0.6) is 0 Å². The van der Waals surface area contributed by atoms with Crippen LogP contribution in [0.4, 0.5) is 0 Å². The fraction of sp³-hybridized carbons (Fsp3) is 0.312. The van der Waals surface area contributed by atoms with Crippen LogP contribution in [0.3, 0.4) is 0 Å². The zero-order valence-electron chi connectivity index (χ0n) is 23.6. The van der Waals surface area contributed by atoms with E-state index in [0.29, 0.717) is 12.2 Å². The first-order valence-electron chi connectivity index (χ1n) is 13.8. The van der Waals surface area contributed by atoms with E-state index >= 15 is 0 Å². The number of hydrogen-bond acceptors (Lipinski definition) is 6. The molecule has 222 valence electrons. The van der Waals surface area contributed by atoms with Crippen molar-refractivity contribution in [2.24, 2.45) is 5.73 Å². The van der Waals surface area contributed by atoms with Gasteiger partial charge in [-0.25, -0.2) is 4.79 Å². The van der Waals surface area contributed by atoms with Crippen LogP contribution >= 0.6 is 11.8 Å². The van der Waals surface area contributed by atoms with Crippen LogP contribution in [0.25, 0.3) is 0 Å². The van der Waals surface area contributed by atoms with Crippen LogP contribution in [-0.2, 0) is 38.4 Å². The van der Waals surface area contributed by atoms with E-state index in [2.05, 4.69) is 16.0 Å². The second-order valence-corrected chi connectivity index (χ2v) is 11.0. The topological polar surface area (TPSA) is 151 Å². The number of benzene rings is 3. The zero-order chi connectivity index (χ0) is 30.3. The van der Waals surface area contributed by atoms with Crippen molar-refractivity contribution in [3.05, 3.63) is 108 Å². The molecule has 6 N–H and O–H groups in total. The molecule has 10 heteroatoms. The molecule has 3 rings (SSSR count). The second kappa shape index (κ2) is 17.0. The quantitative estimate of drug-likeness (QED) is 0.172. The van der Waals surface area contributed by atoms with Gasteiger partial charge in [-0.05, 0) is 35.1 Å². The molecular weight excluding hydrogens is 552 g/mol. The Balaban J connectivity index is 1.82. The molecule has 3 aromatic carbocycles. The Labute approximate surface area is 250 Å². The van der Waals surface area contributed by atoms with E-state index < -0.39 is 47.9 Å². The third-order valence-corrected chi connectivity index (χ3v) is 7.34. The lowest BCUT2D eigenvalue weighted by Crippen LogP contribution is -2.58. The molecule has 42 heavy (non-hydrogen) atoms. The highest BCUT2D eigenvalue weighted by Crippen LogP contribution is 2.10. The highest BCUT2D eigenvalue weighted by atomic mass is 32.2. The number of aliphatic carboxylic acids is 1. The summed E-state index contributed by atoms with van der Waals surface area (Å²) in [6.45, 7) is 0. The molecule has 0 spiro atoms. The molecule has 0 heterocycles. The molecule has 0 aliphatic rings. The Bertz CT molecular complexity index is 1290. The minimum atomic E-state index is -1.20. The average molecular weight is 591 g/mol. The maximum atomic E-state index is 13.7. The summed E-state index contributed by atoms with van der Waals surface area (Å²) in [4.78, 5) is 52.1. The number of amides is 3. The fourth-order valence-corrected chi connectivity index (χ4v) is 4.86. The van der Waals surface area contributed by atoms with Gasteiger partial charge in [0.1, 0.15) is 18.1 Å². The molecule has 0 aliphatic carbocycles. The smallest absolute Gasteiger partial charge is 0.326 e. The normalized spacial score (nSPS) is 13.7. The van der Waals surface area contributed by atoms with Gasteiger partial charge in [-0.3, -0.25) is 14.4 Å². The second-order valence-electron chi connectivity index (χ2n) is 9.98. The first-order chi connectivity index (χ1) is 20.3. The summed E-state index contributed by atoms with van der Waals surface area (Å²) in [5, 5.41) is 18.0. The number of rotatable bonds is 16. The van der Waals surface area contributed by atoms with Gasteiger partial charge in [0, 0.05) is 19.3 Å². The van der Waals surface area contributed by atoms with Crippen molar-refractivity contribution in [1.29, 1.82) is 0 Å². The lowest BCUT2D eigenvalue weighted by molar-refractivity contribution is -0.142. The van der Waals surface area contributed by atoms with Crippen LogP contribution in [0, 0.1) is 0 Å². The molecule has 0 aromatic heterocycles. The summed E-state index contributed by atoms with van der Waals surface area (Å²) in [6, 6.07) is 23.2. The highest BCUT2D eigenvalue weighted by molar-refractivity contribution is 7.98. The average Bonchev–Trinajstić information content (AvgIpc) is 3.00. The highest BCUT2D eigenvalue weighted by Gasteiger charge is 2.31. The van der Waals surface area contributed by atoms with Gasteiger partial charge in [-0.15, -0.1) is 0 Å². The van der Waals surface area contributed by atoms with Crippen molar-refractivity contribution in [3.8, 4) is 0 Å². The SMILES string of the molecule is CSCCC(N)C(=O)NC(Cc1ccccc1)C(=O)NC(Cc1ccccc1)C(=O)NC(Cc1ccccc1)C(=O)O. The minimum absolute atomic E-state index is 0.0779. The molecule has 0 fully saturated rings. The van der Waals surface area contributed by atoms with Crippen LogP contribution in [0.15, 0.2) is 91.0 Å². The Kier molecular flexibility index (Phi) is 13.1. The van der Waals surface area contributed by atoms with Gasteiger partial charge in [0.2, 0.25) is 17.7 Å². The predicted octanol–water partition coefficient (Wildman–Crippen LogP) is 2.33. The van der Waals surface area contributed by atoms with E-state index in [1.807, 2.05) is 73.0 Å². The largest absolute Gasteiger partial charge is 0.480 e. The summed E-state index contributed by atoms with van der Waals surface area (Å²) in [5.41, 5.74) is 8.40. The summed E-state index contributed by atoms with van der Waals surface area (Å²) in [7, 11) is 0. The molecular formula is C32H38N4O5S. The zero-order valence-corrected chi connectivity index (χ0v) is 24.4. The molecule has 0 saturated carbocycles.